The van der Waals surface area contributed by atoms with Crippen molar-refractivity contribution in [1.29, 1.82) is 0 Å². The van der Waals surface area contributed by atoms with Crippen molar-refractivity contribution in [2.45, 2.75) is 26.4 Å². The van der Waals surface area contributed by atoms with Crippen LogP contribution in [0.15, 0.2) is 17.8 Å². The summed E-state index contributed by atoms with van der Waals surface area (Å²) in [4.78, 5) is 8.68. The molecule has 0 amide bonds. The number of hydrogen-bond acceptors (Lipinski definition) is 4. The molecule has 5 heteroatoms. The maximum atomic E-state index is 5.58. The van der Waals surface area contributed by atoms with Gasteiger partial charge in [-0.1, -0.05) is 6.92 Å². The third-order valence-corrected chi connectivity index (χ3v) is 3.26. The van der Waals surface area contributed by atoms with Crippen LogP contribution in [-0.4, -0.2) is 14.5 Å². The first kappa shape index (κ1) is 10.3. The number of imidazole rings is 1. The Hall–Kier alpha value is -1.20. The summed E-state index contributed by atoms with van der Waals surface area (Å²) in [7, 11) is 0. The van der Waals surface area contributed by atoms with Gasteiger partial charge in [0.05, 0.1) is 23.8 Å². The minimum atomic E-state index is 0.470. The second kappa shape index (κ2) is 4.55. The number of aromatic nitrogens is 3. The first-order valence-electron chi connectivity index (χ1n) is 4.96. The first-order chi connectivity index (χ1) is 7.33. The van der Waals surface area contributed by atoms with E-state index in [0.717, 1.165) is 24.5 Å². The van der Waals surface area contributed by atoms with Crippen LogP contribution in [-0.2, 0) is 19.5 Å². The lowest BCUT2D eigenvalue weighted by Crippen LogP contribution is -2.09. The second-order valence-corrected chi connectivity index (χ2v) is 4.20. The number of thiazole rings is 1. The molecule has 2 rings (SSSR count). The zero-order chi connectivity index (χ0) is 10.7. The first-order valence-corrected chi connectivity index (χ1v) is 5.84. The number of aryl methyl sites for hydroxylation is 1. The molecule has 2 aromatic heterocycles. The van der Waals surface area contributed by atoms with Crippen LogP contribution >= 0.6 is 11.3 Å². The van der Waals surface area contributed by atoms with Crippen molar-refractivity contribution in [2.75, 3.05) is 0 Å². The zero-order valence-electron chi connectivity index (χ0n) is 8.68. The van der Waals surface area contributed by atoms with Crippen LogP contribution < -0.4 is 5.73 Å². The molecule has 0 aliphatic rings. The van der Waals surface area contributed by atoms with Crippen molar-refractivity contribution >= 4 is 11.3 Å². The van der Waals surface area contributed by atoms with Gasteiger partial charge in [-0.2, -0.15) is 0 Å². The summed E-state index contributed by atoms with van der Waals surface area (Å²) in [5, 5.41) is 3.28. The van der Waals surface area contributed by atoms with E-state index in [1.54, 1.807) is 17.5 Å². The van der Waals surface area contributed by atoms with Crippen molar-refractivity contribution in [3.8, 4) is 0 Å². The summed E-state index contributed by atoms with van der Waals surface area (Å²) >= 11 is 1.71. The molecule has 2 heterocycles. The molecule has 0 spiro atoms. The fourth-order valence-electron chi connectivity index (χ4n) is 1.43. The van der Waals surface area contributed by atoms with Crippen LogP contribution in [0, 0.1) is 0 Å². The molecule has 0 bridgehead atoms. The molecule has 80 valence electrons. The van der Waals surface area contributed by atoms with Crippen molar-refractivity contribution in [2.24, 2.45) is 5.73 Å². The lowest BCUT2D eigenvalue weighted by molar-refractivity contribution is 0.711. The summed E-state index contributed by atoms with van der Waals surface area (Å²) in [6.45, 7) is 3.35. The molecule has 2 aromatic rings. The van der Waals surface area contributed by atoms with E-state index in [1.165, 1.54) is 5.01 Å². The molecule has 0 atom stereocenters. The van der Waals surface area contributed by atoms with Gasteiger partial charge in [0.25, 0.3) is 0 Å². The summed E-state index contributed by atoms with van der Waals surface area (Å²) < 4.78 is 2.04. The van der Waals surface area contributed by atoms with Crippen molar-refractivity contribution < 1.29 is 0 Å². The third-order valence-electron chi connectivity index (χ3n) is 2.22. The van der Waals surface area contributed by atoms with E-state index in [9.17, 15) is 0 Å². The van der Waals surface area contributed by atoms with Crippen LogP contribution in [0.3, 0.4) is 0 Å². The Morgan fingerprint density at radius 1 is 1.53 bits per heavy atom. The lowest BCUT2D eigenvalue weighted by Gasteiger charge is -2.03. The number of nitrogens with zero attached hydrogens (tertiary/aromatic N) is 3. The maximum absolute atomic E-state index is 5.58. The average Bonchev–Trinajstić information content (AvgIpc) is 2.87. The van der Waals surface area contributed by atoms with Gasteiger partial charge >= 0.3 is 0 Å². The molecular formula is C10H14N4S. The Bertz CT molecular complexity index is 432. The Morgan fingerprint density at radius 3 is 3.07 bits per heavy atom. The quantitative estimate of drug-likeness (QED) is 0.851. The second-order valence-electron chi connectivity index (χ2n) is 3.26. The number of hydrogen-bond donors (Lipinski definition) is 1. The van der Waals surface area contributed by atoms with Gasteiger partial charge in [0.15, 0.2) is 0 Å². The van der Waals surface area contributed by atoms with Gasteiger partial charge in [-0.25, -0.2) is 9.97 Å². The fraction of sp³-hybridized carbons (Fsp3) is 0.400. The van der Waals surface area contributed by atoms with E-state index < -0.39 is 0 Å². The topological polar surface area (TPSA) is 56.7 Å². The Kier molecular flexibility index (Phi) is 3.13. The summed E-state index contributed by atoms with van der Waals surface area (Å²) in [5.74, 6) is 0.904. The molecule has 0 saturated carbocycles. The summed E-state index contributed by atoms with van der Waals surface area (Å²) in [5.41, 5.74) is 6.67. The van der Waals surface area contributed by atoms with Crippen molar-refractivity contribution in [3.63, 3.8) is 0 Å². The van der Waals surface area contributed by atoms with Crippen molar-refractivity contribution in [3.05, 3.63) is 34.3 Å². The van der Waals surface area contributed by atoms with Gasteiger partial charge in [-0.3, -0.25) is 0 Å². The SMILES string of the molecule is CCc1nc(Cn2ccnc2CN)cs1. The van der Waals surface area contributed by atoms with Crippen LogP contribution in [0.4, 0.5) is 0 Å². The molecule has 0 aliphatic heterocycles. The predicted octanol–water partition coefficient (Wildman–Crippen LogP) is 1.41. The van der Waals surface area contributed by atoms with E-state index in [1.807, 2.05) is 10.8 Å². The van der Waals surface area contributed by atoms with E-state index in [2.05, 4.69) is 22.3 Å². The Balaban J connectivity index is 2.14. The molecule has 0 aromatic carbocycles. The van der Waals surface area contributed by atoms with E-state index in [4.69, 9.17) is 5.73 Å². The number of rotatable bonds is 4. The molecule has 15 heavy (non-hydrogen) atoms. The highest BCUT2D eigenvalue weighted by Gasteiger charge is 2.04. The summed E-state index contributed by atoms with van der Waals surface area (Å²) in [6.07, 6.45) is 4.71. The Morgan fingerprint density at radius 2 is 2.40 bits per heavy atom. The van der Waals surface area contributed by atoms with Crippen LogP contribution in [0.5, 0.6) is 0 Å². The highest BCUT2D eigenvalue weighted by atomic mass is 32.1. The van der Waals surface area contributed by atoms with Gasteiger partial charge in [-0.05, 0) is 6.42 Å². The molecule has 0 fully saturated rings. The molecule has 0 unspecified atom stereocenters. The normalized spacial score (nSPS) is 10.8. The zero-order valence-corrected chi connectivity index (χ0v) is 9.50. The van der Waals surface area contributed by atoms with Gasteiger partial charge in [-0.15, -0.1) is 11.3 Å². The molecule has 0 aliphatic carbocycles. The monoisotopic (exact) mass is 222 g/mol. The van der Waals surface area contributed by atoms with Crippen LogP contribution in [0.25, 0.3) is 0 Å². The molecule has 0 radical (unpaired) electrons. The Labute approximate surface area is 92.8 Å². The van der Waals surface area contributed by atoms with Gasteiger partial charge in [0.1, 0.15) is 5.82 Å². The highest BCUT2D eigenvalue weighted by Crippen LogP contribution is 2.12. The van der Waals surface area contributed by atoms with E-state index in [-0.39, 0.29) is 0 Å². The molecule has 4 nitrogen and oxygen atoms in total. The van der Waals surface area contributed by atoms with Crippen molar-refractivity contribution in [1.82, 2.24) is 14.5 Å². The lowest BCUT2D eigenvalue weighted by atomic mass is 10.4. The average molecular weight is 222 g/mol. The number of nitrogens with two attached hydrogens (primary N) is 1. The standard InChI is InChI=1S/C10H14N4S/c1-2-10-13-8(7-15-10)6-14-4-3-12-9(14)5-11/h3-4,7H,2,5-6,11H2,1H3. The molecule has 0 saturated heterocycles. The fourth-order valence-corrected chi connectivity index (χ4v) is 2.17. The smallest absolute Gasteiger partial charge is 0.122 e. The highest BCUT2D eigenvalue weighted by molar-refractivity contribution is 7.09. The molecule has 2 N–H and O–H groups in total. The summed E-state index contributed by atoms with van der Waals surface area (Å²) in [6, 6.07) is 0. The van der Waals surface area contributed by atoms with E-state index in [0.29, 0.717) is 6.54 Å². The third kappa shape index (κ3) is 2.24. The minimum Gasteiger partial charge on any atom is -0.328 e. The largest absolute Gasteiger partial charge is 0.328 e. The van der Waals surface area contributed by atoms with Gasteiger partial charge in [0, 0.05) is 17.8 Å². The maximum Gasteiger partial charge on any atom is 0.122 e. The van der Waals surface area contributed by atoms with Crippen LogP contribution in [0.1, 0.15) is 23.4 Å². The minimum absolute atomic E-state index is 0.470. The van der Waals surface area contributed by atoms with Gasteiger partial charge in [0.2, 0.25) is 0 Å². The van der Waals surface area contributed by atoms with Gasteiger partial charge < -0.3 is 10.3 Å². The predicted molar refractivity (Wildman–Crippen MR) is 60.7 cm³/mol. The van der Waals surface area contributed by atoms with Crippen LogP contribution in [0.2, 0.25) is 0 Å². The van der Waals surface area contributed by atoms with E-state index >= 15 is 0 Å². The molecular weight excluding hydrogens is 208 g/mol.